The SMILES string of the molecule is CCCCc1ccc2c(c1)c1cc(CC)ccc1n2-c1ccc(-c2ccc3c(c2)c2cc(-c4ccc(-n5c6ccc(CCCC)cc6c6cc(CCCC)ccc65)cc4)ccc2n3-c2ccc(-c3c4ccccc4c(-c4ccccc4)c4ccccc34)cc2)cc1. The van der Waals surface area contributed by atoms with Gasteiger partial charge in [0, 0.05) is 49.4 Å². The molecule has 0 atom stereocenters. The molecule has 0 aliphatic heterocycles. The number of aryl methyl sites for hydroxylation is 4. The van der Waals surface area contributed by atoms with Gasteiger partial charge in [0.25, 0.3) is 0 Å². The Kier molecular flexibility index (Phi) is 14.5. The molecular weight excluding hydrogens is 1100 g/mol. The standard InChI is InChI=1S/C88H75N3/c1-5-9-19-59-29-47-82-76(53-59)75-52-58(8-4)28-46-81(75)89(82)68-40-32-62(33-41-68)66-38-50-85-79(56-66)80-57-67(63-34-42-69(43-35-63)90-83-48-30-60(20-10-6-2)54-77(83)78-55-61(21-11-7-3)31-49-84(78)90)39-51-86(80)91(85)70-44-36-65(37-45-70)88-73-26-17-15-24-71(73)87(64-22-13-12-14-23-64)72-25-16-18-27-74(72)88/h12-18,22-57H,5-11,19-21H2,1-4H3. The van der Waals surface area contributed by atoms with E-state index in [9.17, 15) is 0 Å². The Morgan fingerprint density at radius 2 is 0.495 bits per heavy atom. The van der Waals surface area contributed by atoms with E-state index in [1.54, 1.807) is 0 Å². The number of fused-ring (bicyclic) bond motifs is 11. The van der Waals surface area contributed by atoms with Crippen molar-refractivity contribution in [1.29, 1.82) is 0 Å². The number of hydrogen-bond acceptors (Lipinski definition) is 0. The summed E-state index contributed by atoms with van der Waals surface area (Å²) in [6.07, 6.45) is 11.5. The fourth-order valence-corrected chi connectivity index (χ4v) is 15.0. The van der Waals surface area contributed by atoms with Crippen LogP contribution in [0.4, 0.5) is 0 Å². The maximum absolute atomic E-state index is 2.48. The summed E-state index contributed by atoms with van der Waals surface area (Å²) in [6, 6.07) is 99.5. The average molecular weight is 1170 g/mol. The molecule has 0 fully saturated rings. The van der Waals surface area contributed by atoms with Crippen molar-refractivity contribution < 1.29 is 0 Å². The van der Waals surface area contributed by atoms with Gasteiger partial charge in [0.15, 0.2) is 0 Å². The zero-order valence-electron chi connectivity index (χ0n) is 52.7. The van der Waals surface area contributed by atoms with Gasteiger partial charge in [0.2, 0.25) is 0 Å². The number of aromatic nitrogens is 3. The van der Waals surface area contributed by atoms with Crippen LogP contribution in [0.1, 0.15) is 88.5 Å². The Labute approximate surface area is 534 Å². The predicted octanol–water partition coefficient (Wildman–Crippen LogP) is 24.5. The highest BCUT2D eigenvalue weighted by Gasteiger charge is 2.21. The second kappa shape index (κ2) is 23.6. The molecule has 0 unspecified atom stereocenters. The molecule has 3 heterocycles. The zero-order chi connectivity index (χ0) is 61.1. The van der Waals surface area contributed by atoms with Gasteiger partial charge >= 0.3 is 0 Å². The van der Waals surface area contributed by atoms with Gasteiger partial charge in [-0.05, 0) is 242 Å². The predicted molar refractivity (Wildman–Crippen MR) is 391 cm³/mol. The van der Waals surface area contributed by atoms with E-state index in [0.29, 0.717) is 0 Å². The van der Waals surface area contributed by atoms with Crippen LogP contribution < -0.4 is 0 Å². The van der Waals surface area contributed by atoms with Gasteiger partial charge in [-0.1, -0.05) is 199 Å². The molecule has 0 aliphatic rings. The second-order valence-electron chi connectivity index (χ2n) is 25.4. The van der Waals surface area contributed by atoms with E-state index >= 15 is 0 Å². The molecule has 3 aromatic heterocycles. The van der Waals surface area contributed by atoms with E-state index in [1.165, 1.54) is 204 Å². The lowest BCUT2D eigenvalue weighted by molar-refractivity contribution is 0.795. The first-order valence-corrected chi connectivity index (χ1v) is 33.5. The van der Waals surface area contributed by atoms with E-state index in [1.807, 2.05) is 0 Å². The van der Waals surface area contributed by atoms with E-state index in [-0.39, 0.29) is 0 Å². The van der Waals surface area contributed by atoms with Crippen molar-refractivity contribution in [1.82, 2.24) is 13.7 Å². The molecule has 0 saturated heterocycles. The minimum atomic E-state index is 1.01. The number of rotatable bonds is 17. The summed E-state index contributed by atoms with van der Waals surface area (Å²) in [7, 11) is 0. The lowest BCUT2D eigenvalue weighted by atomic mass is 9.86. The molecule has 0 spiro atoms. The lowest BCUT2D eigenvalue weighted by Crippen LogP contribution is -1.95. The molecule has 0 saturated carbocycles. The third-order valence-corrected chi connectivity index (χ3v) is 19.7. The molecule has 0 N–H and O–H groups in total. The van der Waals surface area contributed by atoms with E-state index in [0.717, 1.165) is 31.4 Å². The van der Waals surface area contributed by atoms with Crippen LogP contribution in [0.3, 0.4) is 0 Å². The zero-order valence-corrected chi connectivity index (χ0v) is 52.7. The van der Waals surface area contributed by atoms with E-state index in [2.05, 4.69) is 302 Å². The van der Waals surface area contributed by atoms with Crippen molar-refractivity contribution >= 4 is 87.0 Å². The highest BCUT2D eigenvalue weighted by molar-refractivity contribution is 6.22. The van der Waals surface area contributed by atoms with Crippen molar-refractivity contribution in [3.63, 3.8) is 0 Å². The molecule has 3 heteroatoms. The van der Waals surface area contributed by atoms with Crippen molar-refractivity contribution in [3.8, 4) is 61.6 Å². The second-order valence-corrected chi connectivity index (χ2v) is 25.4. The maximum atomic E-state index is 2.48. The summed E-state index contributed by atoms with van der Waals surface area (Å²) in [4.78, 5) is 0. The molecule has 13 aromatic carbocycles. The number of unbranched alkanes of at least 4 members (excludes halogenated alkanes) is 3. The Morgan fingerprint density at radius 1 is 0.220 bits per heavy atom. The summed E-state index contributed by atoms with van der Waals surface area (Å²) < 4.78 is 7.43. The van der Waals surface area contributed by atoms with Gasteiger partial charge < -0.3 is 13.7 Å². The summed E-state index contributed by atoms with van der Waals surface area (Å²) in [6.45, 7) is 9.10. The highest BCUT2D eigenvalue weighted by Crippen LogP contribution is 2.45. The van der Waals surface area contributed by atoms with E-state index < -0.39 is 0 Å². The lowest BCUT2D eigenvalue weighted by Gasteiger charge is -2.18. The molecule has 0 amide bonds. The van der Waals surface area contributed by atoms with Crippen LogP contribution in [-0.2, 0) is 25.7 Å². The van der Waals surface area contributed by atoms with Crippen LogP contribution >= 0.6 is 0 Å². The largest absolute Gasteiger partial charge is 0.309 e. The van der Waals surface area contributed by atoms with Gasteiger partial charge in [-0.15, -0.1) is 0 Å². The van der Waals surface area contributed by atoms with Crippen LogP contribution in [0, 0.1) is 0 Å². The summed E-state index contributed by atoms with van der Waals surface area (Å²) in [5, 5.41) is 12.9. The molecule has 0 bridgehead atoms. The first kappa shape index (κ1) is 56.0. The summed E-state index contributed by atoms with van der Waals surface area (Å²) in [5.74, 6) is 0. The Morgan fingerprint density at radius 3 is 0.835 bits per heavy atom. The van der Waals surface area contributed by atoms with E-state index in [4.69, 9.17) is 0 Å². The summed E-state index contributed by atoms with van der Waals surface area (Å²) in [5.41, 5.74) is 26.2. The van der Waals surface area contributed by atoms with Crippen LogP contribution in [0.25, 0.3) is 149 Å². The van der Waals surface area contributed by atoms with Gasteiger partial charge in [-0.2, -0.15) is 0 Å². The Balaban J connectivity index is 0.816. The molecule has 0 radical (unpaired) electrons. The first-order chi connectivity index (χ1) is 44.9. The van der Waals surface area contributed by atoms with Crippen LogP contribution in [0.2, 0.25) is 0 Å². The molecule has 91 heavy (non-hydrogen) atoms. The van der Waals surface area contributed by atoms with Crippen LogP contribution in [0.15, 0.2) is 261 Å². The first-order valence-electron chi connectivity index (χ1n) is 33.5. The molecular formula is C88H75N3. The molecule has 16 rings (SSSR count). The maximum Gasteiger partial charge on any atom is 0.0541 e. The van der Waals surface area contributed by atoms with Gasteiger partial charge in [-0.25, -0.2) is 0 Å². The van der Waals surface area contributed by atoms with Crippen molar-refractivity contribution in [2.24, 2.45) is 0 Å². The van der Waals surface area contributed by atoms with Crippen molar-refractivity contribution in [2.75, 3.05) is 0 Å². The molecule has 3 nitrogen and oxygen atoms in total. The Hall–Kier alpha value is -10.2. The van der Waals surface area contributed by atoms with Gasteiger partial charge in [0.05, 0.1) is 33.1 Å². The number of benzene rings is 13. The number of hydrogen-bond donors (Lipinski definition) is 0. The van der Waals surface area contributed by atoms with Gasteiger partial charge in [0.1, 0.15) is 0 Å². The number of nitrogens with zero attached hydrogens (tertiary/aromatic N) is 3. The summed E-state index contributed by atoms with van der Waals surface area (Å²) >= 11 is 0. The minimum Gasteiger partial charge on any atom is -0.309 e. The van der Waals surface area contributed by atoms with Crippen molar-refractivity contribution in [2.45, 2.75) is 91.9 Å². The van der Waals surface area contributed by atoms with Crippen LogP contribution in [-0.4, -0.2) is 13.7 Å². The monoisotopic (exact) mass is 1170 g/mol. The minimum absolute atomic E-state index is 1.01. The topological polar surface area (TPSA) is 14.8 Å². The quantitative estimate of drug-likeness (QED) is 0.0807. The molecule has 0 aliphatic carbocycles. The average Bonchev–Trinajstić information content (AvgIpc) is 1.63. The highest BCUT2D eigenvalue weighted by atomic mass is 15.0. The van der Waals surface area contributed by atoms with Crippen LogP contribution in [0.5, 0.6) is 0 Å². The van der Waals surface area contributed by atoms with Crippen molar-refractivity contribution in [3.05, 3.63) is 283 Å². The third-order valence-electron chi connectivity index (χ3n) is 19.7. The Bertz CT molecular complexity index is 5300. The third kappa shape index (κ3) is 9.81. The smallest absolute Gasteiger partial charge is 0.0541 e. The fraction of sp³-hybridized carbons (Fsp3) is 0.159. The fourth-order valence-electron chi connectivity index (χ4n) is 15.0. The normalized spacial score (nSPS) is 12.0. The van der Waals surface area contributed by atoms with Gasteiger partial charge in [-0.3, -0.25) is 0 Å². The molecule has 16 aromatic rings. The molecule has 442 valence electrons.